The lowest BCUT2D eigenvalue weighted by Gasteiger charge is -2.44. The average Bonchev–Trinajstić information content (AvgIpc) is 3.00. The van der Waals surface area contributed by atoms with E-state index in [2.05, 4.69) is 27.0 Å². The number of nitrogens with zero attached hydrogens (tertiary/aromatic N) is 3. The molecule has 0 bridgehead atoms. The summed E-state index contributed by atoms with van der Waals surface area (Å²) < 4.78 is 0. The van der Waals surface area contributed by atoms with Gasteiger partial charge in [-0.25, -0.2) is 4.98 Å². The van der Waals surface area contributed by atoms with E-state index in [4.69, 9.17) is 0 Å². The smallest absolute Gasteiger partial charge is 0.233 e. The minimum Gasteiger partial charge on any atom is -0.339 e. The molecule has 0 unspecified atom stereocenters. The Morgan fingerprint density at radius 1 is 1.32 bits per heavy atom. The summed E-state index contributed by atoms with van der Waals surface area (Å²) in [5, 5.41) is 7.84. The highest BCUT2D eigenvalue weighted by atomic mass is 32.2. The number of H-pyrrole nitrogens is 1. The number of thioether (sulfide) groups is 1. The molecule has 1 aliphatic heterocycles. The molecule has 1 N–H and O–H groups in total. The van der Waals surface area contributed by atoms with Gasteiger partial charge in [0.25, 0.3) is 0 Å². The van der Waals surface area contributed by atoms with Gasteiger partial charge in [0.1, 0.15) is 5.82 Å². The maximum atomic E-state index is 12.6. The molecule has 1 aliphatic carbocycles. The predicted molar refractivity (Wildman–Crippen MR) is 87.8 cm³/mol. The summed E-state index contributed by atoms with van der Waals surface area (Å²) in [6, 6.07) is 0.499. The van der Waals surface area contributed by atoms with Crippen molar-refractivity contribution < 1.29 is 4.79 Å². The monoisotopic (exact) mass is 322 g/mol. The maximum Gasteiger partial charge on any atom is 0.233 e. The Kier molecular flexibility index (Phi) is 5.39. The fourth-order valence-corrected chi connectivity index (χ4v) is 4.54. The molecule has 2 heterocycles. The summed E-state index contributed by atoms with van der Waals surface area (Å²) in [6.45, 7) is 3.06. The zero-order valence-corrected chi connectivity index (χ0v) is 14.2. The second kappa shape index (κ2) is 7.49. The van der Waals surface area contributed by atoms with Crippen LogP contribution in [0.5, 0.6) is 0 Å². The molecule has 1 amide bonds. The first kappa shape index (κ1) is 15.8. The van der Waals surface area contributed by atoms with E-state index in [1.54, 1.807) is 0 Å². The van der Waals surface area contributed by atoms with Crippen molar-refractivity contribution in [3.8, 4) is 0 Å². The molecule has 1 saturated heterocycles. The van der Waals surface area contributed by atoms with Crippen LogP contribution in [0.15, 0.2) is 5.16 Å². The first-order valence-electron chi connectivity index (χ1n) is 8.61. The molecule has 22 heavy (non-hydrogen) atoms. The van der Waals surface area contributed by atoms with Gasteiger partial charge in [0.05, 0.1) is 5.75 Å². The predicted octanol–water partition coefficient (Wildman–Crippen LogP) is 3.03. The van der Waals surface area contributed by atoms with Crippen molar-refractivity contribution in [2.45, 2.75) is 69.5 Å². The van der Waals surface area contributed by atoms with Gasteiger partial charge in [0.15, 0.2) is 0 Å². The van der Waals surface area contributed by atoms with Crippen molar-refractivity contribution in [1.29, 1.82) is 0 Å². The summed E-state index contributed by atoms with van der Waals surface area (Å²) in [4.78, 5) is 19.2. The number of hydrogen-bond acceptors (Lipinski definition) is 4. The van der Waals surface area contributed by atoms with Crippen molar-refractivity contribution in [1.82, 2.24) is 20.1 Å². The number of carbonyl (C=O) groups excluding carboxylic acids is 1. The highest BCUT2D eigenvalue weighted by Crippen LogP contribution is 2.35. The molecule has 1 aromatic rings. The Labute approximate surface area is 136 Å². The van der Waals surface area contributed by atoms with E-state index in [1.165, 1.54) is 50.3 Å². The second-order valence-corrected chi connectivity index (χ2v) is 7.39. The molecule has 1 saturated carbocycles. The number of rotatable bonds is 5. The van der Waals surface area contributed by atoms with Crippen LogP contribution in [0.3, 0.4) is 0 Å². The summed E-state index contributed by atoms with van der Waals surface area (Å²) in [5.74, 6) is 2.40. The minimum absolute atomic E-state index is 0.267. The van der Waals surface area contributed by atoms with Gasteiger partial charge in [-0.1, -0.05) is 31.5 Å². The molecule has 1 aromatic heterocycles. The molecule has 6 heteroatoms. The molecular formula is C16H26N4OS. The van der Waals surface area contributed by atoms with Crippen molar-refractivity contribution in [2.75, 3.05) is 12.3 Å². The van der Waals surface area contributed by atoms with Crippen LogP contribution in [0.1, 0.15) is 57.7 Å². The van der Waals surface area contributed by atoms with Gasteiger partial charge in [-0.3, -0.25) is 9.89 Å². The van der Waals surface area contributed by atoms with Crippen LogP contribution in [0.4, 0.5) is 0 Å². The first-order valence-corrected chi connectivity index (χ1v) is 9.60. The third kappa shape index (κ3) is 3.65. The number of likely N-dealkylation sites (tertiary alicyclic amines) is 1. The van der Waals surface area contributed by atoms with Gasteiger partial charge in [0, 0.05) is 19.0 Å². The lowest BCUT2D eigenvalue weighted by atomic mass is 9.78. The van der Waals surface area contributed by atoms with Crippen LogP contribution in [0.25, 0.3) is 0 Å². The molecule has 3 rings (SSSR count). The Hall–Kier alpha value is -1.04. The van der Waals surface area contributed by atoms with E-state index in [0.717, 1.165) is 31.1 Å². The quantitative estimate of drug-likeness (QED) is 0.847. The van der Waals surface area contributed by atoms with Crippen LogP contribution in [0, 0.1) is 5.92 Å². The lowest BCUT2D eigenvalue weighted by Crippen LogP contribution is -2.50. The minimum atomic E-state index is 0.267. The van der Waals surface area contributed by atoms with Crippen LogP contribution >= 0.6 is 11.8 Å². The highest BCUT2D eigenvalue weighted by molar-refractivity contribution is 7.99. The molecule has 0 aromatic carbocycles. The van der Waals surface area contributed by atoms with E-state index in [0.29, 0.717) is 17.0 Å². The maximum absolute atomic E-state index is 12.6. The lowest BCUT2D eigenvalue weighted by molar-refractivity contribution is -0.134. The molecule has 2 aliphatic rings. The Morgan fingerprint density at radius 3 is 3.00 bits per heavy atom. The zero-order chi connectivity index (χ0) is 15.4. The van der Waals surface area contributed by atoms with Crippen LogP contribution in [-0.2, 0) is 11.2 Å². The average molecular weight is 322 g/mol. The number of aromatic nitrogens is 3. The number of amides is 1. The third-order valence-corrected chi connectivity index (χ3v) is 5.72. The zero-order valence-electron chi connectivity index (χ0n) is 13.4. The topological polar surface area (TPSA) is 61.9 Å². The van der Waals surface area contributed by atoms with Gasteiger partial charge in [-0.2, -0.15) is 0 Å². The number of fused-ring (bicyclic) bond motifs is 1. The number of aromatic amines is 1. The van der Waals surface area contributed by atoms with E-state index in [-0.39, 0.29) is 5.91 Å². The molecule has 122 valence electrons. The van der Waals surface area contributed by atoms with Crippen molar-refractivity contribution >= 4 is 17.7 Å². The number of nitrogens with one attached hydrogen (secondary N) is 1. The molecule has 2 fully saturated rings. The van der Waals surface area contributed by atoms with Gasteiger partial charge < -0.3 is 4.90 Å². The third-order valence-electron chi connectivity index (χ3n) is 4.89. The van der Waals surface area contributed by atoms with Gasteiger partial charge in [-0.05, 0) is 38.0 Å². The Morgan fingerprint density at radius 2 is 2.14 bits per heavy atom. The largest absolute Gasteiger partial charge is 0.339 e. The van der Waals surface area contributed by atoms with E-state index < -0.39 is 0 Å². The van der Waals surface area contributed by atoms with Gasteiger partial charge >= 0.3 is 0 Å². The standard InChI is InChI=1S/C16H26N4OS/c1-2-6-14-17-16(19-18-14)22-11-15(21)20-10-5-8-12-7-3-4-9-13(12)20/h12-13H,2-11H2,1H3,(H,17,18,19)/t12-,13+/m0/s1. The van der Waals surface area contributed by atoms with Crippen LogP contribution in [-0.4, -0.2) is 44.3 Å². The molecule has 0 spiro atoms. The van der Waals surface area contributed by atoms with E-state index in [1.807, 2.05) is 0 Å². The fraction of sp³-hybridized carbons (Fsp3) is 0.812. The van der Waals surface area contributed by atoms with Crippen molar-refractivity contribution in [3.05, 3.63) is 5.82 Å². The summed E-state index contributed by atoms with van der Waals surface area (Å²) in [5.41, 5.74) is 0. The number of carbonyl (C=O) groups is 1. The first-order chi connectivity index (χ1) is 10.8. The molecule has 2 atom stereocenters. The Balaban J connectivity index is 1.54. The van der Waals surface area contributed by atoms with Crippen LogP contribution < -0.4 is 0 Å². The number of piperidine rings is 1. The summed E-state index contributed by atoms with van der Waals surface area (Å²) in [6.07, 6.45) is 9.56. The normalized spacial score (nSPS) is 25.0. The number of hydrogen-bond donors (Lipinski definition) is 1. The van der Waals surface area contributed by atoms with Gasteiger partial charge in [-0.15, -0.1) is 5.10 Å². The summed E-state index contributed by atoms with van der Waals surface area (Å²) >= 11 is 1.46. The SMILES string of the molecule is CCCc1nc(SCC(=O)N2CCC[C@@H]3CCCC[C@H]32)n[nH]1. The number of aryl methyl sites for hydroxylation is 1. The highest BCUT2D eigenvalue weighted by Gasteiger charge is 2.35. The molecule has 0 radical (unpaired) electrons. The van der Waals surface area contributed by atoms with Gasteiger partial charge in [0.2, 0.25) is 11.1 Å². The van der Waals surface area contributed by atoms with Crippen molar-refractivity contribution in [3.63, 3.8) is 0 Å². The Bertz CT molecular complexity index is 502. The van der Waals surface area contributed by atoms with Crippen LogP contribution in [0.2, 0.25) is 0 Å². The van der Waals surface area contributed by atoms with E-state index in [9.17, 15) is 4.79 Å². The summed E-state index contributed by atoms with van der Waals surface area (Å²) in [7, 11) is 0. The van der Waals surface area contributed by atoms with E-state index >= 15 is 0 Å². The molecular weight excluding hydrogens is 296 g/mol. The second-order valence-electron chi connectivity index (χ2n) is 6.44. The molecule has 5 nitrogen and oxygen atoms in total. The fourth-order valence-electron chi connectivity index (χ4n) is 3.83. The van der Waals surface area contributed by atoms with Crippen molar-refractivity contribution in [2.24, 2.45) is 5.92 Å².